The maximum absolute atomic E-state index is 12.3. The van der Waals surface area contributed by atoms with Crippen molar-refractivity contribution < 1.29 is 19.5 Å². The van der Waals surface area contributed by atoms with E-state index in [4.69, 9.17) is 0 Å². The van der Waals surface area contributed by atoms with Gasteiger partial charge in [-0.1, -0.05) is 13.8 Å². The minimum absolute atomic E-state index is 0.0296. The van der Waals surface area contributed by atoms with Crippen molar-refractivity contribution in [3.8, 4) is 0 Å². The molecule has 1 N–H and O–H groups in total. The summed E-state index contributed by atoms with van der Waals surface area (Å²) in [6.07, 6.45) is 1.61. The lowest BCUT2D eigenvalue weighted by atomic mass is 9.49. The molecule has 3 saturated carbocycles. The summed E-state index contributed by atoms with van der Waals surface area (Å²) in [4.78, 5) is 36.3. The molecule has 0 saturated heterocycles. The molecule has 0 aliphatic heterocycles. The number of Topliss-reactive ketones (excluding diaryl/α,β-unsaturated/α-hetero) is 2. The number of hydrogen-bond acceptors (Lipinski definition) is 4. The summed E-state index contributed by atoms with van der Waals surface area (Å²) in [5.41, 5.74) is -3.45. The fourth-order valence-corrected chi connectivity index (χ4v) is 5.07. The van der Waals surface area contributed by atoms with E-state index in [0.717, 1.165) is 0 Å². The summed E-state index contributed by atoms with van der Waals surface area (Å²) >= 11 is 0. The van der Waals surface area contributed by atoms with Gasteiger partial charge in [0.1, 0.15) is 17.7 Å². The van der Waals surface area contributed by atoms with Crippen LogP contribution in [0, 0.1) is 28.6 Å². The Morgan fingerprint density at radius 1 is 1.32 bits per heavy atom. The molecule has 4 heteroatoms. The first-order valence-corrected chi connectivity index (χ1v) is 6.96. The zero-order valence-electron chi connectivity index (χ0n) is 11.6. The maximum Gasteiger partial charge on any atom is 0.165 e. The Bertz CT molecular complexity index is 498. The summed E-state index contributed by atoms with van der Waals surface area (Å²) in [7, 11) is 0. The Kier molecular flexibility index (Phi) is 2.28. The van der Waals surface area contributed by atoms with Gasteiger partial charge in [0.25, 0.3) is 0 Å². The SMILES string of the molecule is CC1CC(=O)C2C1CC1(O)C(=O)CC2(C)C1(C)C=O. The van der Waals surface area contributed by atoms with E-state index >= 15 is 0 Å². The molecule has 3 rings (SSSR count). The van der Waals surface area contributed by atoms with Crippen LogP contribution in [0.15, 0.2) is 0 Å². The van der Waals surface area contributed by atoms with Crippen LogP contribution in [-0.2, 0) is 14.4 Å². The molecule has 0 amide bonds. The molecule has 0 radical (unpaired) electrons. The van der Waals surface area contributed by atoms with Crippen molar-refractivity contribution in [2.24, 2.45) is 28.6 Å². The number of ketones is 2. The van der Waals surface area contributed by atoms with Crippen LogP contribution in [0.25, 0.3) is 0 Å². The Morgan fingerprint density at radius 2 is 1.95 bits per heavy atom. The molecule has 0 spiro atoms. The van der Waals surface area contributed by atoms with E-state index in [2.05, 4.69) is 0 Å². The zero-order valence-corrected chi connectivity index (χ0v) is 11.6. The van der Waals surface area contributed by atoms with E-state index in [-0.39, 0.29) is 42.2 Å². The first-order valence-electron chi connectivity index (χ1n) is 6.96. The second-order valence-electron chi connectivity index (χ2n) is 7.19. The average molecular weight is 264 g/mol. The number of carbonyl (C=O) groups is 3. The second kappa shape index (κ2) is 3.35. The third-order valence-electron chi connectivity index (χ3n) is 6.52. The second-order valence-corrected chi connectivity index (χ2v) is 7.19. The van der Waals surface area contributed by atoms with Crippen LogP contribution in [0.4, 0.5) is 0 Å². The molecular formula is C15H20O4. The fourth-order valence-electron chi connectivity index (χ4n) is 5.07. The summed E-state index contributed by atoms with van der Waals surface area (Å²) < 4.78 is 0. The first-order chi connectivity index (χ1) is 8.71. The predicted molar refractivity (Wildman–Crippen MR) is 67.2 cm³/mol. The van der Waals surface area contributed by atoms with Crippen molar-refractivity contribution in [3.05, 3.63) is 0 Å². The highest BCUT2D eigenvalue weighted by Gasteiger charge is 2.76. The van der Waals surface area contributed by atoms with Gasteiger partial charge in [0.05, 0.1) is 5.41 Å². The van der Waals surface area contributed by atoms with Crippen LogP contribution in [0.3, 0.4) is 0 Å². The van der Waals surface area contributed by atoms with Crippen LogP contribution >= 0.6 is 0 Å². The number of fused-ring (bicyclic) bond motifs is 4. The zero-order chi connectivity index (χ0) is 14.2. The van der Waals surface area contributed by atoms with Crippen molar-refractivity contribution in [2.75, 3.05) is 0 Å². The summed E-state index contributed by atoms with van der Waals surface area (Å²) in [6.45, 7) is 5.49. The Morgan fingerprint density at radius 3 is 2.53 bits per heavy atom. The lowest BCUT2D eigenvalue weighted by Gasteiger charge is -2.53. The smallest absolute Gasteiger partial charge is 0.165 e. The lowest BCUT2D eigenvalue weighted by Crippen LogP contribution is -2.61. The van der Waals surface area contributed by atoms with Crippen LogP contribution < -0.4 is 0 Å². The fraction of sp³-hybridized carbons (Fsp3) is 0.800. The summed E-state index contributed by atoms with van der Waals surface area (Å²) in [5, 5.41) is 10.8. The molecule has 3 aliphatic rings. The average Bonchev–Trinajstić information content (AvgIpc) is 2.63. The van der Waals surface area contributed by atoms with Gasteiger partial charge in [-0.25, -0.2) is 0 Å². The van der Waals surface area contributed by atoms with Crippen molar-refractivity contribution in [3.63, 3.8) is 0 Å². The minimum atomic E-state index is -1.58. The van der Waals surface area contributed by atoms with Crippen molar-refractivity contribution in [1.29, 1.82) is 0 Å². The van der Waals surface area contributed by atoms with Gasteiger partial charge in [-0.15, -0.1) is 0 Å². The molecule has 6 atom stereocenters. The van der Waals surface area contributed by atoms with Crippen molar-refractivity contribution in [1.82, 2.24) is 0 Å². The Labute approximate surface area is 112 Å². The van der Waals surface area contributed by atoms with E-state index in [9.17, 15) is 19.5 Å². The highest BCUT2D eigenvalue weighted by atomic mass is 16.3. The normalized spacial score (nSPS) is 56.3. The lowest BCUT2D eigenvalue weighted by molar-refractivity contribution is -0.177. The Hall–Kier alpha value is -1.03. The molecular weight excluding hydrogens is 244 g/mol. The molecule has 19 heavy (non-hydrogen) atoms. The van der Waals surface area contributed by atoms with Gasteiger partial charge in [0, 0.05) is 18.8 Å². The van der Waals surface area contributed by atoms with E-state index in [1.807, 2.05) is 13.8 Å². The molecule has 3 fully saturated rings. The molecule has 6 unspecified atom stereocenters. The molecule has 2 bridgehead atoms. The van der Waals surface area contributed by atoms with Crippen molar-refractivity contribution >= 4 is 17.9 Å². The topological polar surface area (TPSA) is 71.4 Å². The van der Waals surface area contributed by atoms with Gasteiger partial charge >= 0.3 is 0 Å². The van der Waals surface area contributed by atoms with E-state index in [1.165, 1.54) is 0 Å². The van der Waals surface area contributed by atoms with Crippen molar-refractivity contribution in [2.45, 2.75) is 45.6 Å². The number of rotatable bonds is 1. The van der Waals surface area contributed by atoms with Gasteiger partial charge in [0.2, 0.25) is 0 Å². The van der Waals surface area contributed by atoms with E-state index < -0.39 is 16.4 Å². The highest BCUT2D eigenvalue weighted by Crippen LogP contribution is 2.69. The van der Waals surface area contributed by atoms with E-state index in [0.29, 0.717) is 12.7 Å². The number of aldehydes is 1. The first kappa shape index (κ1) is 13.0. The highest BCUT2D eigenvalue weighted by molar-refractivity contribution is 5.99. The van der Waals surface area contributed by atoms with Crippen LogP contribution in [0.1, 0.15) is 40.0 Å². The monoisotopic (exact) mass is 264 g/mol. The van der Waals surface area contributed by atoms with Crippen LogP contribution in [0.5, 0.6) is 0 Å². The molecule has 3 aliphatic carbocycles. The van der Waals surface area contributed by atoms with Crippen LogP contribution in [0.2, 0.25) is 0 Å². The quantitative estimate of drug-likeness (QED) is 0.721. The molecule has 104 valence electrons. The predicted octanol–water partition coefficient (Wildman–Crippen LogP) is 1.15. The van der Waals surface area contributed by atoms with Gasteiger partial charge in [-0.3, -0.25) is 9.59 Å². The molecule has 0 aromatic heterocycles. The molecule has 4 nitrogen and oxygen atoms in total. The molecule has 0 heterocycles. The molecule has 0 aromatic carbocycles. The Balaban J connectivity index is 2.22. The largest absolute Gasteiger partial charge is 0.381 e. The van der Waals surface area contributed by atoms with Gasteiger partial charge in [-0.05, 0) is 30.6 Å². The van der Waals surface area contributed by atoms with E-state index in [1.54, 1.807) is 6.92 Å². The maximum atomic E-state index is 12.3. The van der Waals surface area contributed by atoms with Crippen LogP contribution in [-0.4, -0.2) is 28.6 Å². The summed E-state index contributed by atoms with van der Waals surface area (Å²) in [6, 6.07) is 0. The van der Waals surface area contributed by atoms with Gasteiger partial charge < -0.3 is 9.90 Å². The van der Waals surface area contributed by atoms with Gasteiger partial charge in [0.15, 0.2) is 5.78 Å². The molecule has 0 aromatic rings. The van der Waals surface area contributed by atoms with Gasteiger partial charge in [-0.2, -0.15) is 0 Å². The number of carbonyl (C=O) groups excluding carboxylic acids is 3. The summed E-state index contributed by atoms with van der Waals surface area (Å²) in [5.74, 6) is -0.152. The standard InChI is InChI=1S/C15H20O4/c1-8-4-10(17)12-9(8)5-15(19)11(18)6-13(12,2)14(15,3)7-16/h7-9,12,19H,4-6H2,1-3H3. The number of hydrogen-bond donors (Lipinski definition) is 1. The third kappa shape index (κ3) is 1.13. The minimum Gasteiger partial charge on any atom is -0.381 e. The third-order valence-corrected chi connectivity index (χ3v) is 6.52. The number of aliphatic hydroxyl groups is 1.